The van der Waals surface area contributed by atoms with Gasteiger partial charge in [-0.25, -0.2) is 4.52 Å². The summed E-state index contributed by atoms with van der Waals surface area (Å²) in [6, 6.07) is 15.1. The number of piperazine rings is 1. The first-order valence-corrected chi connectivity index (χ1v) is 13.7. The maximum Gasteiger partial charge on any atom is 0.142 e. The predicted octanol–water partition coefficient (Wildman–Crippen LogP) is 2.29. The molecule has 9 heteroatoms. The number of fused-ring (bicyclic) bond motifs is 3. The lowest BCUT2D eigenvalue weighted by atomic mass is 9.84. The van der Waals surface area contributed by atoms with Crippen molar-refractivity contribution in [1.29, 1.82) is 5.26 Å². The number of likely N-dealkylation sites (N-methyl/N-ethyl adjacent to an activating group) is 1. The number of ether oxygens (including phenoxy) is 2. The molecule has 3 saturated heterocycles. The molecule has 38 heavy (non-hydrogen) atoms. The van der Waals surface area contributed by atoms with Crippen LogP contribution in [0, 0.1) is 11.3 Å². The molecule has 0 saturated carbocycles. The van der Waals surface area contributed by atoms with E-state index in [9.17, 15) is 5.26 Å². The quantitative estimate of drug-likeness (QED) is 0.526. The molecule has 6 heterocycles. The SMILES string of the molecule is C[C@@H]1CN(c2ccc(C#N)n3nccc23)C[C@H](CN2CC3(C2)OCc2cc(N4CCN(C)CC4)ccc23)O1. The fourth-order valence-electron chi connectivity index (χ4n) is 6.75. The number of nitrogens with zero attached hydrogens (tertiary/aromatic N) is 7. The molecule has 0 radical (unpaired) electrons. The lowest BCUT2D eigenvalue weighted by Gasteiger charge is -2.50. The molecule has 198 valence electrons. The highest BCUT2D eigenvalue weighted by atomic mass is 16.5. The van der Waals surface area contributed by atoms with Gasteiger partial charge in [0, 0.05) is 64.6 Å². The summed E-state index contributed by atoms with van der Waals surface area (Å²) in [6.45, 7) is 11.6. The summed E-state index contributed by atoms with van der Waals surface area (Å²) in [7, 11) is 2.20. The van der Waals surface area contributed by atoms with Crippen LogP contribution in [0.4, 0.5) is 11.4 Å². The summed E-state index contributed by atoms with van der Waals surface area (Å²) in [5, 5.41) is 13.8. The number of benzene rings is 1. The number of likely N-dealkylation sites (tertiary alicyclic amines) is 1. The summed E-state index contributed by atoms with van der Waals surface area (Å²) in [5.41, 5.74) is 6.48. The Labute approximate surface area is 223 Å². The van der Waals surface area contributed by atoms with E-state index in [1.165, 1.54) is 16.8 Å². The summed E-state index contributed by atoms with van der Waals surface area (Å²) in [6.07, 6.45) is 1.99. The summed E-state index contributed by atoms with van der Waals surface area (Å²) in [4.78, 5) is 9.74. The van der Waals surface area contributed by atoms with E-state index < -0.39 is 0 Å². The monoisotopic (exact) mass is 513 g/mol. The molecule has 2 aromatic heterocycles. The Morgan fingerprint density at radius 1 is 1.05 bits per heavy atom. The van der Waals surface area contributed by atoms with Gasteiger partial charge in [-0.15, -0.1) is 0 Å². The van der Waals surface area contributed by atoms with E-state index >= 15 is 0 Å². The third-order valence-corrected chi connectivity index (χ3v) is 8.69. The highest BCUT2D eigenvalue weighted by Gasteiger charge is 2.50. The molecule has 3 fully saturated rings. The smallest absolute Gasteiger partial charge is 0.142 e. The zero-order valence-electron chi connectivity index (χ0n) is 22.2. The van der Waals surface area contributed by atoms with Crippen LogP contribution in [0.5, 0.6) is 0 Å². The average Bonchev–Trinajstić information content (AvgIpc) is 3.54. The molecular formula is C29H35N7O2. The number of hydrogen-bond donors (Lipinski definition) is 0. The van der Waals surface area contributed by atoms with Gasteiger partial charge in [-0.05, 0) is 55.4 Å². The Morgan fingerprint density at radius 2 is 1.89 bits per heavy atom. The van der Waals surface area contributed by atoms with Crippen LogP contribution < -0.4 is 9.80 Å². The zero-order chi connectivity index (χ0) is 25.9. The summed E-state index contributed by atoms with van der Waals surface area (Å²) < 4.78 is 14.6. The van der Waals surface area contributed by atoms with Gasteiger partial charge < -0.3 is 24.2 Å². The lowest BCUT2D eigenvalue weighted by Crippen LogP contribution is -2.62. The van der Waals surface area contributed by atoms with Crippen molar-refractivity contribution in [1.82, 2.24) is 19.4 Å². The molecule has 0 amide bonds. The Bertz CT molecular complexity index is 1380. The molecule has 0 bridgehead atoms. The fourth-order valence-corrected chi connectivity index (χ4v) is 6.75. The van der Waals surface area contributed by atoms with Crippen LogP contribution in [-0.2, 0) is 21.7 Å². The highest BCUT2D eigenvalue weighted by Crippen LogP contribution is 2.44. The van der Waals surface area contributed by atoms with Crippen molar-refractivity contribution < 1.29 is 9.47 Å². The first kappa shape index (κ1) is 23.9. The minimum Gasteiger partial charge on any atom is -0.370 e. The number of morpholine rings is 1. The minimum absolute atomic E-state index is 0.107. The minimum atomic E-state index is -0.174. The van der Waals surface area contributed by atoms with Gasteiger partial charge in [0.1, 0.15) is 17.4 Å². The normalized spacial score (nSPS) is 25.5. The molecule has 4 aliphatic heterocycles. The third kappa shape index (κ3) is 4.03. The molecular weight excluding hydrogens is 478 g/mol. The predicted molar refractivity (Wildman–Crippen MR) is 146 cm³/mol. The van der Waals surface area contributed by atoms with Crippen molar-refractivity contribution in [3.63, 3.8) is 0 Å². The van der Waals surface area contributed by atoms with Crippen molar-refractivity contribution in [3.8, 4) is 6.07 Å². The first-order chi connectivity index (χ1) is 18.5. The topological polar surface area (TPSA) is 72.5 Å². The number of nitriles is 1. The van der Waals surface area contributed by atoms with Gasteiger partial charge in [0.15, 0.2) is 0 Å². The Hall–Kier alpha value is -3.16. The lowest BCUT2D eigenvalue weighted by molar-refractivity contribution is -0.155. The van der Waals surface area contributed by atoms with Crippen LogP contribution in [0.1, 0.15) is 23.7 Å². The molecule has 9 nitrogen and oxygen atoms in total. The molecule has 0 unspecified atom stereocenters. The molecule has 2 atom stereocenters. The van der Waals surface area contributed by atoms with Crippen molar-refractivity contribution in [2.45, 2.75) is 31.3 Å². The third-order valence-electron chi connectivity index (χ3n) is 8.69. The van der Waals surface area contributed by atoms with Crippen molar-refractivity contribution >= 4 is 16.9 Å². The van der Waals surface area contributed by atoms with Crippen LogP contribution in [0.3, 0.4) is 0 Å². The average molecular weight is 514 g/mol. The van der Waals surface area contributed by atoms with Gasteiger partial charge in [0.25, 0.3) is 0 Å². The molecule has 4 aliphatic rings. The number of aromatic nitrogens is 2. The van der Waals surface area contributed by atoms with Crippen LogP contribution in [0.15, 0.2) is 42.6 Å². The second kappa shape index (κ2) is 9.24. The number of pyridine rings is 1. The Kier molecular flexibility index (Phi) is 5.82. The Morgan fingerprint density at radius 3 is 2.71 bits per heavy atom. The molecule has 0 aliphatic carbocycles. The molecule has 7 rings (SSSR count). The van der Waals surface area contributed by atoms with E-state index in [0.717, 1.165) is 70.1 Å². The van der Waals surface area contributed by atoms with Gasteiger partial charge in [-0.1, -0.05) is 6.07 Å². The number of anilines is 2. The van der Waals surface area contributed by atoms with E-state index in [1.54, 1.807) is 10.7 Å². The van der Waals surface area contributed by atoms with Crippen molar-refractivity contribution in [3.05, 3.63) is 59.4 Å². The van der Waals surface area contributed by atoms with Crippen molar-refractivity contribution in [2.24, 2.45) is 0 Å². The number of rotatable bonds is 4. The van der Waals surface area contributed by atoms with Crippen LogP contribution >= 0.6 is 0 Å². The molecule has 1 aromatic carbocycles. The second-order valence-corrected chi connectivity index (χ2v) is 11.4. The van der Waals surface area contributed by atoms with E-state index in [-0.39, 0.29) is 17.8 Å². The van der Waals surface area contributed by atoms with E-state index in [2.05, 4.69) is 62.9 Å². The van der Waals surface area contributed by atoms with Crippen molar-refractivity contribution in [2.75, 3.05) is 75.8 Å². The van der Waals surface area contributed by atoms with E-state index in [1.807, 2.05) is 18.2 Å². The van der Waals surface area contributed by atoms with Gasteiger partial charge in [0.2, 0.25) is 0 Å². The summed E-state index contributed by atoms with van der Waals surface area (Å²) in [5.74, 6) is 0. The Balaban J connectivity index is 1.01. The number of hydrogen-bond acceptors (Lipinski definition) is 8. The van der Waals surface area contributed by atoms with Gasteiger partial charge in [0.05, 0.1) is 36.2 Å². The van der Waals surface area contributed by atoms with E-state index in [4.69, 9.17) is 9.47 Å². The van der Waals surface area contributed by atoms with Gasteiger partial charge in [-0.2, -0.15) is 10.4 Å². The van der Waals surface area contributed by atoms with Gasteiger partial charge >= 0.3 is 0 Å². The van der Waals surface area contributed by atoms with Crippen LogP contribution in [-0.4, -0.2) is 97.6 Å². The molecule has 3 aromatic rings. The second-order valence-electron chi connectivity index (χ2n) is 11.4. The van der Waals surface area contributed by atoms with E-state index in [0.29, 0.717) is 12.3 Å². The molecule has 0 N–H and O–H groups in total. The largest absolute Gasteiger partial charge is 0.370 e. The summed E-state index contributed by atoms with van der Waals surface area (Å²) >= 11 is 0. The fraction of sp³-hybridized carbons (Fsp3) is 0.517. The van der Waals surface area contributed by atoms with Crippen LogP contribution in [0.2, 0.25) is 0 Å². The van der Waals surface area contributed by atoms with Crippen LogP contribution in [0.25, 0.3) is 5.52 Å². The maximum atomic E-state index is 9.44. The standard InChI is InChI=1S/C29H35N7O2/c1-21-15-35(27-6-4-24(14-30)36-28(27)7-8-31-36)17-25(38-21)16-33-19-29(20-33)26-5-3-23(13-22(26)18-37-29)34-11-9-32(2)10-12-34/h3-8,13,21,25H,9-12,15-20H2,1-2H3/t21-,25+/m1/s1. The van der Waals surface area contributed by atoms with Gasteiger partial charge in [-0.3, -0.25) is 4.90 Å². The molecule has 1 spiro atoms. The zero-order valence-corrected chi connectivity index (χ0v) is 22.2. The first-order valence-electron chi connectivity index (χ1n) is 13.7. The maximum absolute atomic E-state index is 9.44. The highest BCUT2D eigenvalue weighted by molar-refractivity contribution is 5.74.